The second-order valence-electron chi connectivity index (χ2n) is 8.57. The lowest BCUT2D eigenvalue weighted by Crippen LogP contribution is -2.38. The van der Waals surface area contributed by atoms with Gasteiger partial charge in [-0.2, -0.15) is 0 Å². The van der Waals surface area contributed by atoms with Crippen LogP contribution in [-0.4, -0.2) is 51.4 Å². The number of hydrogen-bond donors (Lipinski definition) is 0. The molecular formula is C24H32N4O3. The maximum Gasteiger partial charge on any atom is 0.238 e. The third-order valence-electron chi connectivity index (χ3n) is 6.53. The third kappa shape index (κ3) is 5.14. The molecule has 0 aliphatic carbocycles. The normalized spacial score (nSPS) is 20.1. The summed E-state index contributed by atoms with van der Waals surface area (Å²) in [5.74, 6) is 1.76. The Hall–Kier alpha value is -2.70. The monoisotopic (exact) mass is 424 g/mol. The first-order valence-electron chi connectivity index (χ1n) is 11.6. The molecule has 2 fully saturated rings. The molecule has 0 N–H and O–H groups in total. The van der Waals surface area contributed by atoms with Crippen LogP contribution in [0.15, 0.2) is 34.7 Å². The molecule has 0 spiro atoms. The molecule has 1 aromatic heterocycles. The zero-order valence-electron chi connectivity index (χ0n) is 18.3. The molecule has 2 aromatic rings. The number of aromatic nitrogens is 2. The van der Waals surface area contributed by atoms with Crippen molar-refractivity contribution in [3.63, 3.8) is 0 Å². The van der Waals surface area contributed by atoms with Crippen molar-refractivity contribution in [3.05, 3.63) is 47.7 Å². The average molecular weight is 425 g/mol. The smallest absolute Gasteiger partial charge is 0.238 e. The lowest BCUT2D eigenvalue weighted by molar-refractivity contribution is -0.135. The van der Waals surface area contributed by atoms with Gasteiger partial charge in [-0.25, -0.2) is 0 Å². The van der Waals surface area contributed by atoms with Gasteiger partial charge in [0.25, 0.3) is 0 Å². The summed E-state index contributed by atoms with van der Waals surface area (Å²) in [6.45, 7) is 4.12. The molecule has 2 amide bonds. The minimum atomic E-state index is -0.125. The number of nitrogens with zero attached hydrogens (tertiary/aromatic N) is 4. The van der Waals surface area contributed by atoms with Crippen LogP contribution < -0.4 is 0 Å². The molecule has 7 nitrogen and oxygen atoms in total. The topological polar surface area (TPSA) is 79.5 Å². The largest absolute Gasteiger partial charge is 0.423 e. The van der Waals surface area contributed by atoms with Crippen molar-refractivity contribution in [2.45, 2.75) is 70.3 Å². The van der Waals surface area contributed by atoms with Crippen molar-refractivity contribution in [1.29, 1.82) is 0 Å². The van der Waals surface area contributed by atoms with Gasteiger partial charge in [-0.15, -0.1) is 10.2 Å². The van der Waals surface area contributed by atoms with Crippen LogP contribution in [0.4, 0.5) is 0 Å². The number of piperidine rings is 2. The summed E-state index contributed by atoms with van der Waals surface area (Å²) in [5, 5.41) is 8.68. The average Bonchev–Trinajstić information content (AvgIpc) is 3.33. The highest BCUT2D eigenvalue weighted by molar-refractivity contribution is 5.77. The maximum absolute atomic E-state index is 13.0. The second-order valence-corrected chi connectivity index (χ2v) is 8.57. The van der Waals surface area contributed by atoms with E-state index >= 15 is 0 Å². The van der Waals surface area contributed by atoms with E-state index < -0.39 is 0 Å². The van der Waals surface area contributed by atoms with E-state index in [9.17, 15) is 9.59 Å². The minimum Gasteiger partial charge on any atom is -0.423 e. The Morgan fingerprint density at radius 3 is 2.45 bits per heavy atom. The fourth-order valence-corrected chi connectivity index (χ4v) is 4.67. The van der Waals surface area contributed by atoms with E-state index in [2.05, 4.69) is 22.3 Å². The molecule has 0 radical (unpaired) electrons. The van der Waals surface area contributed by atoms with Gasteiger partial charge in [-0.3, -0.25) is 9.59 Å². The second kappa shape index (κ2) is 10.1. The molecule has 0 unspecified atom stereocenters. The number of carbonyl (C=O) groups is 2. The summed E-state index contributed by atoms with van der Waals surface area (Å²) in [6.07, 6.45) is 6.40. The fraction of sp³-hybridized carbons (Fsp3) is 0.583. The van der Waals surface area contributed by atoms with E-state index in [4.69, 9.17) is 4.42 Å². The Balaban J connectivity index is 1.38. The molecule has 31 heavy (non-hydrogen) atoms. The predicted molar refractivity (Wildman–Crippen MR) is 116 cm³/mol. The summed E-state index contributed by atoms with van der Waals surface area (Å²) in [5.41, 5.74) is 1.18. The third-order valence-corrected chi connectivity index (χ3v) is 6.53. The van der Waals surface area contributed by atoms with Gasteiger partial charge in [0.15, 0.2) is 0 Å². The fourth-order valence-electron chi connectivity index (χ4n) is 4.67. The zero-order valence-corrected chi connectivity index (χ0v) is 18.3. The Kier molecular flexibility index (Phi) is 6.99. The van der Waals surface area contributed by atoms with Crippen molar-refractivity contribution < 1.29 is 14.0 Å². The highest BCUT2D eigenvalue weighted by atomic mass is 16.4. The number of amides is 2. The number of rotatable bonds is 6. The molecule has 1 atom stereocenters. The van der Waals surface area contributed by atoms with Crippen molar-refractivity contribution in [3.8, 4) is 0 Å². The van der Waals surface area contributed by atoms with E-state index in [0.717, 1.165) is 58.2 Å². The van der Waals surface area contributed by atoms with E-state index in [1.54, 1.807) is 0 Å². The molecule has 2 saturated heterocycles. The molecule has 4 rings (SSSR count). The SMILES string of the molecule is CCC(=O)N1CCC(c2nnc([C@@H]3CCCCN3C(=O)CCc3ccccc3)o2)CC1. The van der Waals surface area contributed by atoms with Crippen LogP contribution in [0.25, 0.3) is 0 Å². The summed E-state index contributed by atoms with van der Waals surface area (Å²) in [4.78, 5) is 28.7. The molecule has 1 aromatic carbocycles. The van der Waals surface area contributed by atoms with Crippen LogP contribution in [0.2, 0.25) is 0 Å². The molecule has 7 heteroatoms. The first-order valence-corrected chi connectivity index (χ1v) is 11.6. The van der Waals surface area contributed by atoms with Crippen molar-refractivity contribution in [1.82, 2.24) is 20.0 Å². The van der Waals surface area contributed by atoms with Crippen molar-refractivity contribution >= 4 is 11.8 Å². The first-order chi connectivity index (χ1) is 15.2. The van der Waals surface area contributed by atoms with Crippen LogP contribution in [0.5, 0.6) is 0 Å². The number of carbonyl (C=O) groups excluding carboxylic acids is 2. The zero-order chi connectivity index (χ0) is 21.6. The van der Waals surface area contributed by atoms with E-state index in [1.165, 1.54) is 5.56 Å². The Bertz CT molecular complexity index is 874. The number of aryl methyl sites for hydroxylation is 1. The van der Waals surface area contributed by atoms with Crippen molar-refractivity contribution in [2.75, 3.05) is 19.6 Å². The van der Waals surface area contributed by atoms with Crippen LogP contribution in [0.1, 0.15) is 81.2 Å². The van der Waals surface area contributed by atoms with Crippen molar-refractivity contribution in [2.24, 2.45) is 0 Å². The molecule has 0 saturated carbocycles. The number of likely N-dealkylation sites (tertiary alicyclic amines) is 2. The van der Waals surface area contributed by atoms with Gasteiger partial charge in [-0.05, 0) is 44.1 Å². The summed E-state index contributed by atoms with van der Waals surface area (Å²) in [7, 11) is 0. The Labute approximate surface area is 183 Å². The van der Waals surface area contributed by atoms with Crippen LogP contribution in [0, 0.1) is 0 Å². The van der Waals surface area contributed by atoms with Gasteiger partial charge in [-0.1, -0.05) is 37.3 Å². The molecular weight excluding hydrogens is 392 g/mol. The highest BCUT2D eigenvalue weighted by Crippen LogP contribution is 2.34. The lowest BCUT2D eigenvalue weighted by Gasteiger charge is -2.33. The molecule has 2 aliphatic rings. The summed E-state index contributed by atoms with van der Waals surface area (Å²) >= 11 is 0. The van der Waals surface area contributed by atoms with Gasteiger partial charge in [0.05, 0.1) is 0 Å². The van der Waals surface area contributed by atoms with Crippen LogP contribution >= 0.6 is 0 Å². The van der Waals surface area contributed by atoms with Crippen LogP contribution in [0.3, 0.4) is 0 Å². The molecule has 3 heterocycles. The number of benzene rings is 1. The molecule has 166 valence electrons. The van der Waals surface area contributed by atoms with Gasteiger partial charge >= 0.3 is 0 Å². The van der Waals surface area contributed by atoms with E-state index in [0.29, 0.717) is 24.6 Å². The maximum atomic E-state index is 13.0. The highest BCUT2D eigenvalue weighted by Gasteiger charge is 2.33. The van der Waals surface area contributed by atoms with Gasteiger partial charge in [0.2, 0.25) is 23.6 Å². The molecule has 2 aliphatic heterocycles. The quantitative estimate of drug-likeness (QED) is 0.703. The van der Waals surface area contributed by atoms with Gasteiger partial charge in [0.1, 0.15) is 6.04 Å². The lowest BCUT2D eigenvalue weighted by atomic mass is 9.96. The molecule has 0 bridgehead atoms. The van der Waals surface area contributed by atoms with Crippen LogP contribution in [-0.2, 0) is 16.0 Å². The van der Waals surface area contributed by atoms with Gasteiger partial charge in [0, 0.05) is 38.4 Å². The Morgan fingerprint density at radius 2 is 1.71 bits per heavy atom. The standard InChI is InChI=1S/C24H32N4O3/c1-2-21(29)27-16-13-19(14-17-27)23-25-26-24(31-23)20-10-6-7-15-28(20)22(30)12-11-18-8-4-3-5-9-18/h3-5,8-9,19-20H,2,6-7,10-17H2,1H3/t20-/m0/s1. The van der Waals surface area contributed by atoms with Gasteiger partial charge < -0.3 is 14.2 Å². The Morgan fingerprint density at radius 1 is 0.968 bits per heavy atom. The number of hydrogen-bond acceptors (Lipinski definition) is 5. The van der Waals surface area contributed by atoms with E-state index in [-0.39, 0.29) is 23.8 Å². The van der Waals surface area contributed by atoms with E-state index in [1.807, 2.05) is 34.9 Å². The minimum absolute atomic E-state index is 0.125. The first kappa shape index (κ1) is 21.5. The summed E-state index contributed by atoms with van der Waals surface area (Å²) in [6, 6.07) is 10.00. The predicted octanol–water partition coefficient (Wildman–Crippen LogP) is 3.87. The summed E-state index contributed by atoms with van der Waals surface area (Å²) < 4.78 is 6.11.